The van der Waals surface area contributed by atoms with Gasteiger partial charge in [0.1, 0.15) is 6.04 Å². The molecule has 11 heteroatoms. The van der Waals surface area contributed by atoms with E-state index in [-0.39, 0.29) is 30.9 Å². The Morgan fingerprint density at radius 3 is 2.25 bits per heavy atom. The molecule has 2 aromatic carbocycles. The van der Waals surface area contributed by atoms with Crippen molar-refractivity contribution in [1.82, 2.24) is 25.3 Å². The summed E-state index contributed by atoms with van der Waals surface area (Å²) >= 11 is 0. The fraction of sp³-hybridized carbons (Fsp3) is 0.448. The molecule has 0 aromatic heterocycles. The van der Waals surface area contributed by atoms with Crippen molar-refractivity contribution in [3.8, 4) is 0 Å². The molecule has 0 spiro atoms. The molecular formula is C29H38N6O5. The van der Waals surface area contributed by atoms with E-state index >= 15 is 0 Å². The Kier molecular flexibility index (Phi) is 9.96. The molecule has 0 bridgehead atoms. The molecule has 2 aromatic rings. The lowest BCUT2D eigenvalue weighted by Gasteiger charge is -2.32. The van der Waals surface area contributed by atoms with Crippen molar-refractivity contribution in [1.29, 1.82) is 0 Å². The third-order valence-corrected chi connectivity index (χ3v) is 7.42. The number of hydrogen-bond donors (Lipinski definition) is 4. The molecule has 11 nitrogen and oxygen atoms in total. The average molecular weight is 551 g/mol. The average Bonchev–Trinajstić information content (AvgIpc) is 2.97. The number of piperidine rings is 1. The van der Waals surface area contributed by atoms with Gasteiger partial charge in [-0.05, 0) is 43.1 Å². The van der Waals surface area contributed by atoms with Gasteiger partial charge in [-0.3, -0.25) is 4.79 Å². The van der Waals surface area contributed by atoms with Crippen LogP contribution in [0.5, 0.6) is 0 Å². The van der Waals surface area contributed by atoms with Crippen LogP contribution in [0.1, 0.15) is 24.0 Å². The summed E-state index contributed by atoms with van der Waals surface area (Å²) in [5, 5.41) is 18.2. The number of urea groups is 2. The van der Waals surface area contributed by atoms with Crippen LogP contribution in [0.25, 0.3) is 0 Å². The molecule has 2 saturated heterocycles. The number of nitrogens with zero attached hydrogens (tertiary/aromatic N) is 3. The summed E-state index contributed by atoms with van der Waals surface area (Å²) < 4.78 is 0. The van der Waals surface area contributed by atoms with E-state index in [4.69, 9.17) is 0 Å². The number of carbonyl (C=O) groups is 4. The van der Waals surface area contributed by atoms with E-state index < -0.39 is 17.9 Å². The van der Waals surface area contributed by atoms with Crippen LogP contribution in [0.2, 0.25) is 0 Å². The highest BCUT2D eigenvalue weighted by molar-refractivity contribution is 5.89. The van der Waals surface area contributed by atoms with Crippen molar-refractivity contribution < 1.29 is 24.3 Å². The van der Waals surface area contributed by atoms with Crippen LogP contribution in [-0.2, 0) is 22.6 Å². The first kappa shape index (κ1) is 28.9. The Balaban J connectivity index is 1.26. The van der Waals surface area contributed by atoms with Gasteiger partial charge in [-0.15, -0.1) is 0 Å². The minimum atomic E-state index is -1.13. The normalized spacial score (nSPS) is 18.5. The largest absolute Gasteiger partial charge is 0.480 e. The fourth-order valence-corrected chi connectivity index (χ4v) is 4.92. The molecule has 4 N–H and O–H groups in total. The third-order valence-electron chi connectivity index (χ3n) is 7.42. The van der Waals surface area contributed by atoms with Gasteiger partial charge >= 0.3 is 18.0 Å². The van der Waals surface area contributed by atoms with Gasteiger partial charge in [-0.2, -0.15) is 0 Å². The molecule has 0 saturated carbocycles. The van der Waals surface area contributed by atoms with E-state index in [1.165, 1.54) is 0 Å². The molecule has 1 unspecified atom stereocenters. The number of carboxylic acid groups (broad SMARTS) is 1. The zero-order valence-electron chi connectivity index (χ0n) is 22.8. The monoisotopic (exact) mass is 550 g/mol. The summed E-state index contributed by atoms with van der Waals surface area (Å²) in [5.74, 6) is -1.98. The topological polar surface area (TPSA) is 134 Å². The predicted octanol–water partition coefficient (Wildman–Crippen LogP) is 2.20. The summed E-state index contributed by atoms with van der Waals surface area (Å²) in [6.07, 6.45) is 1.35. The third kappa shape index (κ3) is 8.19. The maximum Gasteiger partial charge on any atom is 0.326 e. The minimum Gasteiger partial charge on any atom is -0.480 e. The summed E-state index contributed by atoms with van der Waals surface area (Å²) in [4.78, 5) is 55.7. The van der Waals surface area contributed by atoms with Crippen molar-refractivity contribution in [2.75, 3.05) is 51.6 Å². The van der Waals surface area contributed by atoms with Gasteiger partial charge in [-0.25, -0.2) is 14.4 Å². The van der Waals surface area contributed by atoms with Crippen LogP contribution in [0.4, 0.5) is 15.3 Å². The molecular weight excluding hydrogens is 512 g/mol. The Labute approximate surface area is 234 Å². The number of aliphatic carboxylic acids is 1. The number of piperazine rings is 1. The number of nitrogens with one attached hydrogen (secondary N) is 3. The standard InChI is InChI=1S/C29H38N6O5/c1-33-14-16-34(17-15-33)29(40)31-24-11-9-21(10-12-24)18-25(27(37)38)32-26(36)23-8-5-13-35(20-23)28(39)30-19-22-6-3-2-4-7-22/h2-4,6-7,9-12,23,25H,5,8,13-20H2,1H3,(H,30,39)(H,31,40)(H,32,36)(H,37,38)/t23?,25-/m0/s1. The predicted molar refractivity (Wildman–Crippen MR) is 151 cm³/mol. The van der Waals surface area contributed by atoms with Crippen LogP contribution in [-0.4, -0.2) is 96.1 Å². The quantitative estimate of drug-likeness (QED) is 0.398. The Morgan fingerprint density at radius 2 is 1.57 bits per heavy atom. The summed E-state index contributed by atoms with van der Waals surface area (Å²) in [7, 11) is 2.03. The molecule has 2 aliphatic rings. The van der Waals surface area contributed by atoms with Crippen LogP contribution >= 0.6 is 0 Å². The summed E-state index contributed by atoms with van der Waals surface area (Å²) in [5.41, 5.74) is 2.32. The van der Waals surface area contributed by atoms with Crippen molar-refractivity contribution in [2.45, 2.75) is 31.8 Å². The lowest BCUT2D eigenvalue weighted by Crippen LogP contribution is -2.51. The van der Waals surface area contributed by atoms with Crippen molar-refractivity contribution in [3.63, 3.8) is 0 Å². The molecule has 2 atom stereocenters. The number of anilines is 1. The van der Waals surface area contributed by atoms with Gasteiger partial charge in [0.05, 0.1) is 5.92 Å². The van der Waals surface area contributed by atoms with E-state index in [1.807, 2.05) is 37.4 Å². The van der Waals surface area contributed by atoms with Gasteiger partial charge < -0.3 is 35.8 Å². The van der Waals surface area contributed by atoms with Crippen LogP contribution in [0, 0.1) is 5.92 Å². The van der Waals surface area contributed by atoms with Crippen LogP contribution in [0.3, 0.4) is 0 Å². The smallest absolute Gasteiger partial charge is 0.326 e. The van der Waals surface area contributed by atoms with Crippen molar-refractivity contribution in [2.24, 2.45) is 5.92 Å². The molecule has 2 heterocycles. The number of carboxylic acids is 1. The number of likely N-dealkylation sites (N-methyl/N-ethyl adjacent to an activating group) is 1. The molecule has 4 rings (SSSR count). The first-order chi connectivity index (χ1) is 19.3. The van der Waals surface area contributed by atoms with E-state index in [0.29, 0.717) is 44.7 Å². The molecule has 0 aliphatic carbocycles. The van der Waals surface area contributed by atoms with Gasteiger partial charge in [0, 0.05) is 57.9 Å². The summed E-state index contributed by atoms with van der Waals surface area (Å²) in [6.45, 7) is 4.16. The molecule has 2 fully saturated rings. The summed E-state index contributed by atoms with van der Waals surface area (Å²) in [6, 6.07) is 15.0. The number of benzene rings is 2. The van der Waals surface area contributed by atoms with Gasteiger partial charge in [-0.1, -0.05) is 42.5 Å². The van der Waals surface area contributed by atoms with Crippen molar-refractivity contribution >= 4 is 29.6 Å². The molecule has 214 valence electrons. The highest BCUT2D eigenvalue weighted by Crippen LogP contribution is 2.18. The van der Waals surface area contributed by atoms with Crippen molar-refractivity contribution in [3.05, 3.63) is 65.7 Å². The number of hydrogen-bond acceptors (Lipinski definition) is 5. The van der Waals surface area contributed by atoms with Gasteiger partial charge in [0.15, 0.2) is 0 Å². The van der Waals surface area contributed by atoms with Crippen LogP contribution < -0.4 is 16.0 Å². The van der Waals surface area contributed by atoms with E-state index in [0.717, 1.165) is 24.2 Å². The second-order valence-electron chi connectivity index (χ2n) is 10.5. The van der Waals surface area contributed by atoms with Gasteiger partial charge in [0.2, 0.25) is 5.91 Å². The lowest BCUT2D eigenvalue weighted by molar-refractivity contribution is -0.142. The highest BCUT2D eigenvalue weighted by Gasteiger charge is 2.31. The zero-order chi connectivity index (χ0) is 28.5. The Morgan fingerprint density at radius 1 is 0.875 bits per heavy atom. The van der Waals surface area contributed by atoms with E-state index in [1.54, 1.807) is 34.1 Å². The SMILES string of the molecule is CN1CCN(C(=O)Nc2ccc(C[C@H](NC(=O)C3CCCN(C(=O)NCc4ccccc4)C3)C(=O)O)cc2)CC1. The lowest BCUT2D eigenvalue weighted by atomic mass is 9.96. The molecule has 5 amide bonds. The fourth-order valence-electron chi connectivity index (χ4n) is 4.92. The Hall–Kier alpha value is -4.12. The first-order valence-electron chi connectivity index (χ1n) is 13.7. The van der Waals surface area contributed by atoms with Gasteiger partial charge in [0.25, 0.3) is 0 Å². The van der Waals surface area contributed by atoms with E-state index in [9.17, 15) is 24.3 Å². The zero-order valence-corrected chi connectivity index (χ0v) is 22.8. The molecule has 40 heavy (non-hydrogen) atoms. The second kappa shape index (κ2) is 13.8. The maximum absolute atomic E-state index is 13.0. The number of carbonyl (C=O) groups excluding carboxylic acids is 3. The van der Waals surface area contributed by atoms with E-state index in [2.05, 4.69) is 20.9 Å². The molecule has 0 radical (unpaired) electrons. The molecule has 2 aliphatic heterocycles. The number of likely N-dealkylation sites (tertiary alicyclic amines) is 1. The Bertz CT molecular complexity index is 1170. The van der Waals surface area contributed by atoms with Crippen LogP contribution in [0.15, 0.2) is 54.6 Å². The second-order valence-corrected chi connectivity index (χ2v) is 10.5. The first-order valence-corrected chi connectivity index (χ1v) is 13.7. The highest BCUT2D eigenvalue weighted by atomic mass is 16.4. The minimum absolute atomic E-state index is 0.0990. The maximum atomic E-state index is 13.0. The number of amides is 5. The number of rotatable bonds is 8.